The van der Waals surface area contributed by atoms with Gasteiger partial charge >= 0.3 is 12.1 Å². The quantitative estimate of drug-likeness (QED) is 0.604. The minimum absolute atomic E-state index is 0. The van der Waals surface area contributed by atoms with Crippen LogP contribution >= 0.6 is 35.0 Å². The summed E-state index contributed by atoms with van der Waals surface area (Å²) in [6.07, 6.45) is -5.65. The van der Waals surface area contributed by atoms with Crippen molar-refractivity contribution in [2.45, 2.75) is 18.1 Å². The van der Waals surface area contributed by atoms with Crippen molar-refractivity contribution in [1.82, 2.24) is 0 Å². The average Bonchev–Trinajstić information content (AvgIpc) is 2.14. The summed E-state index contributed by atoms with van der Waals surface area (Å²) in [7, 11) is 0. The molecule has 0 spiro atoms. The summed E-state index contributed by atoms with van der Waals surface area (Å²) >= 11 is 1.81. The number of nitrogens with two attached hydrogens (primary N) is 1. The van der Waals surface area contributed by atoms with Crippen LogP contribution in [0.3, 0.4) is 0 Å². The lowest BCUT2D eigenvalue weighted by Gasteiger charge is -2.25. The molecule has 0 amide bonds. The van der Waals surface area contributed by atoms with Crippen LogP contribution in [0.25, 0.3) is 0 Å². The molecule has 0 heterocycles. The highest BCUT2D eigenvalue weighted by molar-refractivity contribution is 14.1. The largest absolute Gasteiger partial charge is 0.455 e. The molecular weight excluding hydrogens is 379 g/mol. The zero-order valence-electron chi connectivity index (χ0n) is 8.14. The molecule has 0 saturated heterocycles. The van der Waals surface area contributed by atoms with E-state index in [2.05, 4.69) is 0 Å². The number of rotatable bonds is 2. The Hall–Kier alpha value is -0.150. The average molecular weight is 388 g/mol. The molecule has 0 aliphatic carbocycles. The second-order valence-corrected chi connectivity index (χ2v) is 4.40. The summed E-state index contributed by atoms with van der Waals surface area (Å²) < 4.78 is 62.4. The van der Waals surface area contributed by atoms with E-state index in [1.54, 1.807) is 28.7 Å². The van der Waals surface area contributed by atoms with Gasteiger partial charge in [-0.3, -0.25) is 0 Å². The van der Waals surface area contributed by atoms with E-state index in [9.17, 15) is 22.0 Å². The lowest BCUT2D eigenvalue weighted by molar-refractivity contribution is -0.291. The fourth-order valence-corrected chi connectivity index (χ4v) is 1.65. The van der Waals surface area contributed by atoms with Crippen LogP contribution in [-0.2, 0) is 0 Å². The number of alkyl halides is 5. The first-order valence-corrected chi connectivity index (χ1v) is 5.19. The number of halogens is 7. The Bertz CT molecular complexity index is 382. The van der Waals surface area contributed by atoms with E-state index in [0.29, 0.717) is 3.57 Å². The van der Waals surface area contributed by atoms with Crippen molar-refractivity contribution >= 4 is 35.0 Å². The lowest BCUT2D eigenvalue weighted by Crippen LogP contribution is -2.45. The summed E-state index contributed by atoms with van der Waals surface area (Å²) in [4.78, 5) is 0. The van der Waals surface area contributed by atoms with Crippen LogP contribution < -0.4 is 5.73 Å². The minimum Gasteiger partial charge on any atom is -0.319 e. The molecule has 1 atom stereocenters. The van der Waals surface area contributed by atoms with Crippen molar-refractivity contribution in [2.75, 3.05) is 0 Å². The molecule has 0 aliphatic rings. The Labute approximate surface area is 114 Å². The van der Waals surface area contributed by atoms with Crippen molar-refractivity contribution in [3.63, 3.8) is 0 Å². The van der Waals surface area contributed by atoms with Gasteiger partial charge in [0.15, 0.2) is 0 Å². The second-order valence-electron chi connectivity index (χ2n) is 3.15. The maximum Gasteiger partial charge on any atom is 0.455 e. The zero-order chi connectivity index (χ0) is 12.6. The van der Waals surface area contributed by atoms with Crippen LogP contribution in [0.2, 0.25) is 0 Å². The van der Waals surface area contributed by atoms with Gasteiger partial charge in [0, 0.05) is 3.57 Å². The Kier molecular flexibility index (Phi) is 5.61. The van der Waals surface area contributed by atoms with Gasteiger partial charge < -0.3 is 5.73 Å². The molecule has 0 aliphatic heterocycles. The summed E-state index contributed by atoms with van der Waals surface area (Å²) in [6.45, 7) is 0. The highest BCUT2D eigenvalue weighted by Crippen LogP contribution is 2.43. The van der Waals surface area contributed by atoms with Crippen LogP contribution in [0.5, 0.6) is 0 Å². The molecule has 0 fully saturated rings. The normalized spacial score (nSPS) is 14.1. The monoisotopic (exact) mass is 387 g/mol. The third-order valence-electron chi connectivity index (χ3n) is 1.98. The predicted octanol–water partition coefficient (Wildman–Crippen LogP) is 3.91. The number of hydrogen-bond donors (Lipinski definition) is 1. The molecule has 2 N–H and O–H groups in total. The van der Waals surface area contributed by atoms with Gasteiger partial charge in [-0.2, -0.15) is 22.0 Å². The van der Waals surface area contributed by atoms with Crippen LogP contribution in [-0.4, -0.2) is 12.1 Å². The van der Waals surface area contributed by atoms with Crippen molar-refractivity contribution in [2.24, 2.45) is 5.73 Å². The summed E-state index contributed by atoms with van der Waals surface area (Å²) in [5.41, 5.74) is 4.71. The molecule has 8 heteroatoms. The third-order valence-corrected chi connectivity index (χ3v) is 2.65. The van der Waals surface area contributed by atoms with Crippen LogP contribution in [0.15, 0.2) is 24.3 Å². The van der Waals surface area contributed by atoms with Gasteiger partial charge in [-0.05, 0) is 40.3 Å². The molecular formula is C9H8ClF5IN. The Morgan fingerprint density at radius 1 is 1.12 bits per heavy atom. The number of benzene rings is 1. The van der Waals surface area contributed by atoms with Crippen molar-refractivity contribution < 1.29 is 22.0 Å². The second kappa shape index (κ2) is 5.66. The molecule has 0 aromatic heterocycles. The molecule has 0 unspecified atom stereocenters. The Morgan fingerprint density at radius 2 is 1.65 bits per heavy atom. The highest BCUT2D eigenvalue weighted by atomic mass is 127. The fourth-order valence-electron chi connectivity index (χ4n) is 1.09. The SMILES string of the molecule is Cl.N[C@H](c1cccc(I)c1)C(F)(F)C(F)(F)F. The lowest BCUT2D eigenvalue weighted by atomic mass is 10.0. The standard InChI is InChI=1S/C9H7F5IN.ClH/c10-8(11,9(12,13)14)7(16)5-2-1-3-6(15)4-5;/h1-4,7H,16H2;1H/t7-;/m1./s1. The van der Waals surface area contributed by atoms with Crippen molar-refractivity contribution in [3.05, 3.63) is 33.4 Å². The van der Waals surface area contributed by atoms with Gasteiger partial charge in [-0.25, -0.2) is 0 Å². The Morgan fingerprint density at radius 3 is 2.06 bits per heavy atom. The molecule has 98 valence electrons. The van der Waals surface area contributed by atoms with Crippen LogP contribution in [0.4, 0.5) is 22.0 Å². The van der Waals surface area contributed by atoms with Crippen LogP contribution in [0.1, 0.15) is 11.6 Å². The molecule has 1 rings (SSSR count). The molecule has 0 saturated carbocycles. The van der Waals surface area contributed by atoms with Gasteiger partial charge in [0.05, 0.1) is 0 Å². The van der Waals surface area contributed by atoms with Gasteiger partial charge in [0.2, 0.25) is 0 Å². The van der Waals surface area contributed by atoms with Gasteiger partial charge in [-0.1, -0.05) is 12.1 Å². The first-order valence-electron chi connectivity index (χ1n) is 4.12. The van der Waals surface area contributed by atoms with Crippen molar-refractivity contribution in [3.8, 4) is 0 Å². The van der Waals surface area contributed by atoms with Gasteiger partial charge in [-0.15, -0.1) is 12.4 Å². The maximum absolute atomic E-state index is 12.9. The van der Waals surface area contributed by atoms with E-state index < -0.39 is 18.1 Å². The fraction of sp³-hybridized carbons (Fsp3) is 0.333. The van der Waals surface area contributed by atoms with Gasteiger partial charge in [0.25, 0.3) is 0 Å². The Balaban J connectivity index is 0.00000256. The summed E-state index contributed by atoms with van der Waals surface area (Å²) in [5.74, 6) is -4.93. The van der Waals surface area contributed by atoms with E-state index >= 15 is 0 Å². The molecule has 0 bridgehead atoms. The molecule has 1 aromatic rings. The molecule has 0 radical (unpaired) electrons. The van der Waals surface area contributed by atoms with Gasteiger partial charge in [0.1, 0.15) is 6.04 Å². The smallest absolute Gasteiger partial charge is 0.319 e. The maximum atomic E-state index is 12.9. The van der Waals surface area contributed by atoms with Crippen LogP contribution in [0, 0.1) is 3.57 Å². The van der Waals surface area contributed by atoms with E-state index in [4.69, 9.17) is 5.73 Å². The topological polar surface area (TPSA) is 26.0 Å². The third kappa shape index (κ3) is 3.65. The van der Waals surface area contributed by atoms with E-state index in [1.807, 2.05) is 0 Å². The minimum atomic E-state index is -5.65. The number of hydrogen-bond acceptors (Lipinski definition) is 1. The summed E-state index contributed by atoms with van der Waals surface area (Å²) in [6, 6.07) is 2.91. The molecule has 1 aromatic carbocycles. The highest BCUT2D eigenvalue weighted by Gasteiger charge is 2.61. The first-order chi connectivity index (χ1) is 7.16. The predicted molar refractivity (Wildman–Crippen MR) is 64.3 cm³/mol. The van der Waals surface area contributed by atoms with E-state index in [1.165, 1.54) is 12.1 Å². The molecule has 1 nitrogen and oxygen atoms in total. The first kappa shape index (κ1) is 16.9. The van der Waals surface area contributed by atoms with Crippen molar-refractivity contribution in [1.29, 1.82) is 0 Å². The summed E-state index contributed by atoms with van der Waals surface area (Å²) in [5, 5.41) is 0. The molecule has 17 heavy (non-hydrogen) atoms. The van der Waals surface area contributed by atoms with E-state index in [-0.39, 0.29) is 18.0 Å². The zero-order valence-corrected chi connectivity index (χ0v) is 11.1. The van der Waals surface area contributed by atoms with E-state index in [0.717, 1.165) is 6.07 Å².